The number of unbranched alkanes of at least 4 members (excludes halogenated alkanes) is 6. The van der Waals surface area contributed by atoms with Crippen LogP contribution in [0.1, 0.15) is 69.3 Å². The standard InChI is InChI=1S/C16H24OS2/c1-2-3-4-5-6-7-8-9-13(17)15-12-16-14(19-15)10-11-18-16/h10-13,17H,2-9H2,1H3. The van der Waals surface area contributed by atoms with Gasteiger partial charge in [0.15, 0.2) is 0 Å². The van der Waals surface area contributed by atoms with Gasteiger partial charge in [-0.3, -0.25) is 0 Å². The molecule has 1 N–H and O–H groups in total. The fourth-order valence-electron chi connectivity index (χ4n) is 2.39. The Kier molecular flexibility index (Phi) is 6.35. The Bertz CT molecular complexity index is 443. The maximum absolute atomic E-state index is 10.2. The van der Waals surface area contributed by atoms with Crippen molar-refractivity contribution >= 4 is 32.1 Å². The molecule has 0 bridgehead atoms. The Balaban J connectivity index is 1.64. The van der Waals surface area contributed by atoms with Crippen molar-refractivity contribution in [1.82, 2.24) is 0 Å². The van der Waals surface area contributed by atoms with E-state index in [1.54, 1.807) is 22.7 Å². The summed E-state index contributed by atoms with van der Waals surface area (Å²) in [6, 6.07) is 4.31. The van der Waals surface area contributed by atoms with Crippen LogP contribution in [0.25, 0.3) is 9.40 Å². The molecule has 106 valence electrons. The molecule has 0 aliphatic rings. The monoisotopic (exact) mass is 296 g/mol. The number of rotatable bonds is 9. The van der Waals surface area contributed by atoms with E-state index in [-0.39, 0.29) is 6.10 Å². The van der Waals surface area contributed by atoms with Crippen molar-refractivity contribution in [2.45, 2.75) is 64.4 Å². The van der Waals surface area contributed by atoms with Gasteiger partial charge in [0.2, 0.25) is 0 Å². The lowest BCUT2D eigenvalue weighted by molar-refractivity contribution is 0.167. The fourth-order valence-corrected chi connectivity index (χ4v) is 4.53. The van der Waals surface area contributed by atoms with E-state index in [2.05, 4.69) is 24.4 Å². The minimum Gasteiger partial charge on any atom is -0.388 e. The summed E-state index contributed by atoms with van der Waals surface area (Å²) in [5.41, 5.74) is 0. The first-order valence-electron chi connectivity index (χ1n) is 7.46. The van der Waals surface area contributed by atoms with Crippen molar-refractivity contribution in [2.24, 2.45) is 0 Å². The van der Waals surface area contributed by atoms with Crippen molar-refractivity contribution in [3.05, 3.63) is 22.4 Å². The highest BCUT2D eigenvalue weighted by molar-refractivity contribution is 7.26. The predicted octanol–water partition coefficient (Wildman–Crippen LogP) is 6.14. The molecule has 0 aliphatic carbocycles. The third kappa shape index (κ3) is 4.59. The number of thiophene rings is 2. The fraction of sp³-hybridized carbons (Fsp3) is 0.625. The third-order valence-electron chi connectivity index (χ3n) is 3.57. The van der Waals surface area contributed by atoms with Crippen LogP contribution in [-0.2, 0) is 0 Å². The molecule has 0 aromatic carbocycles. The molecule has 2 aromatic rings. The van der Waals surface area contributed by atoms with E-state index in [4.69, 9.17) is 0 Å². The summed E-state index contributed by atoms with van der Waals surface area (Å²) in [5, 5.41) is 12.3. The van der Waals surface area contributed by atoms with Gasteiger partial charge in [-0.2, -0.15) is 0 Å². The van der Waals surface area contributed by atoms with E-state index in [1.807, 2.05) is 0 Å². The smallest absolute Gasteiger partial charge is 0.0882 e. The molecule has 0 aliphatic heterocycles. The number of aliphatic hydroxyl groups excluding tert-OH is 1. The van der Waals surface area contributed by atoms with Gasteiger partial charge in [-0.1, -0.05) is 51.9 Å². The van der Waals surface area contributed by atoms with Gasteiger partial charge in [-0.05, 0) is 23.9 Å². The maximum atomic E-state index is 10.2. The van der Waals surface area contributed by atoms with Crippen LogP contribution in [0, 0.1) is 0 Å². The molecule has 0 amide bonds. The van der Waals surface area contributed by atoms with E-state index >= 15 is 0 Å². The van der Waals surface area contributed by atoms with E-state index in [0.717, 1.165) is 17.7 Å². The minimum atomic E-state index is -0.250. The van der Waals surface area contributed by atoms with Crippen molar-refractivity contribution in [1.29, 1.82) is 0 Å². The molecule has 1 unspecified atom stereocenters. The summed E-state index contributed by atoms with van der Waals surface area (Å²) >= 11 is 3.51. The van der Waals surface area contributed by atoms with Gasteiger partial charge in [-0.15, -0.1) is 22.7 Å². The Labute approximate surface area is 124 Å². The summed E-state index contributed by atoms with van der Waals surface area (Å²) in [6.07, 6.45) is 9.83. The van der Waals surface area contributed by atoms with Crippen LogP contribution in [-0.4, -0.2) is 5.11 Å². The lowest BCUT2D eigenvalue weighted by Gasteiger charge is -2.07. The van der Waals surface area contributed by atoms with Gasteiger partial charge in [0.25, 0.3) is 0 Å². The molecule has 0 radical (unpaired) electrons. The van der Waals surface area contributed by atoms with E-state index < -0.39 is 0 Å². The minimum absolute atomic E-state index is 0.250. The van der Waals surface area contributed by atoms with Crippen LogP contribution < -0.4 is 0 Å². The second-order valence-electron chi connectivity index (χ2n) is 5.22. The Morgan fingerprint density at radius 2 is 1.79 bits per heavy atom. The quantitative estimate of drug-likeness (QED) is 0.551. The molecule has 1 atom stereocenters. The Morgan fingerprint density at radius 3 is 2.53 bits per heavy atom. The molecular weight excluding hydrogens is 272 g/mol. The molecule has 2 aromatic heterocycles. The molecule has 2 heterocycles. The number of hydrogen-bond donors (Lipinski definition) is 1. The topological polar surface area (TPSA) is 20.2 Å². The summed E-state index contributed by atoms with van der Waals surface area (Å²) in [5.74, 6) is 0. The molecule has 2 rings (SSSR count). The van der Waals surface area contributed by atoms with Gasteiger partial charge in [0.1, 0.15) is 0 Å². The van der Waals surface area contributed by atoms with Crippen LogP contribution in [0.5, 0.6) is 0 Å². The largest absolute Gasteiger partial charge is 0.388 e. The van der Waals surface area contributed by atoms with Gasteiger partial charge in [-0.25, -0.2) is 0 Å². The van der Waals surface area contributed by atoms with Crippen molar-refractivity contribution in [2.75, 3.05) is 0 Å². The summed E-state index contributed by atoms with van der Waals surface area (Å²) in [6.45, 7) is 2.25. The van der Waals surface area contributed by atoms with Crippen LogP contribution in [0.4, 0.5) is 0 Å². The molecule has 1 nitrogen and oxygen atoms in total. The maximum Gasteiger partial charge on any atom is 0.0882 e. The molecule has 0 spiro atoms. The lowest BCUT2D eigenvalue weighted by Crippen LogP contribution is -1.94. The van der Waals surface area contributed by atoms with Crippen LogP contribution >= 0.6 is 22.7 Å². The van der Waals surface area contributed by atoms with Crippen molar-refractivity contribution in [3.8, 4) is 0 Å². The number of fused-ring (bicyclic) bond motifs is 1. The average molecular weight is 297 g/mol. The van der Waals surface area contributed by atoms with Gasteiger partial charge in [0.05, 0.1) is 6.10 Å². The zero-order valence-corrected chi connectivity index (χ0v) is 13.4. The lowest BCUT2D eigenvalue weighted by atomic mass is 10.1. The predicted molar refractivity (Wildman–Crippen MR) is 87.3 cm³/mol. The highest BCUT2D eigenvalue weighted by atomic mass is 32.1. The zero-order chi connectivity index (χ0) is 13.5. The van der Waals surface area contributed by atoms with Gasteiger partial charge >= 0.3 is 0 Å². The third-order valence-corrected chi connectivity index (χ3v) is 5.76. The molecule has 19 heavy (non-hydrogen) atoms. The van der Waals surface area contributed by atoms with Crippen LogP contribution in [0.3, 0.4) is 0 Å². The first-order valence-corrected chi connectivity index (χ1v) is 9.16. The SMILES string of the molecule is CCCCCCCCCC(O)c1cc2sccc2s1. The van der Waals surface area contributed by atoms with Crippen molar-refractivity contribution < 1.29 is 5.11 Å². The van der Waals surface area contributed by atoms with Crippen LogP contribution in [0.15, 0.2) is 17.5 Å². The highest BCUT2D eigenvalue weighted by Crippen LogP contribution is 2.34. The summed E-state index contributed by atoms with van der Waals surface area (Å²) < 4.78 is 2.64. The second-order valence-corrected chi connectivity index (χ2v) is 7.29. The Hall–Kier alpha value is -0.380. The van der Waals surface area contributed by atoms with Crippen LogP contribution in [0.2, 0.25) is 0 Å². The van der Waals surface area contributed by atoms with Crippen molar-refractivity contribution in [3.63, 3.8) is 0 Å². The average Bonchev–Trinajstić information content (AvgIpc) is 2.98. The van der Waals surface area contributed by atoms with E-state index in [0.29, 0.717) is 0 Å². The second kappa shape index (κ2) is 8.03. The molecular formula is C16H24OS2. The van der Waals surface area contributed by atoms with E-state index in [1.165, 1.54) is 47.9 Å². The zero-order valence-electron chi connectivity index (χ0n) is 11.7. The summed E-state index contributed by atoms with van der Waals surface area (Å²) in [4.78, 5) is 1.15. The molecule has 3 heteroatoms. The molecule has 0 saturated heterocycles. The first kappa shape index (κ1) is 15.0. The molecule has 0 saturated carbocycles. The van der Waals surface area contributed by atoms with E-state index in [9.17, 15) is 5.11 Å². The summed E-state index contributed by atoms with van der Waals surface area (Å²) in [7, 11) is 0. The highest BCUT2D eigenvalue weighted by Gasteiger charge is 2.11. The normalized spacial score (nSPS) is 13.2. The molecule has 0 fully saturated rings. The number of aliphatic hydroxyl groups is 1. The first-order chi connectivity index (χ1) is 9.31. The van der Waals surface area contributed by atoms with Gasteiger partial charge < -0.3 is 5.11 Å². The number of hydrogen-bond acceptors (Lipinski definition) is 3. The Morgan fingerprint density at radius 1 is 1.05 bits per heavy atom. The van der Waals surface area contributed by atoms with Gasteiger partial charge in [0, 0.05) is 14.3 Å².